The Hall–Kier alpha value is -3.53. The third-order valence-corrected chi connectivity index (χ3v) is 12.4. The average molecular weight is 1010 g/mol. The standard InChI is InChI=1S/C63H109NO8/c1-6-8-10-12-14-16-18-20-22-24-25-26-27-28-29-30-31-32-33-34-35-36-37-38-40-42-44-46-48-50-52-54-61(66)72-59(58-71-63(62(67)68)69-56-55-64(3,4)5)57-70-60(65)53-51-49-47-45-43-41-39-23-21-19-17-15-13-11-9-7-2/h8,10,14,16-17,19-20,22-23,25-26,28-29,39,59,63H,6-7,9,11-13,15,18,21,24,27,30-38,40-58H2,1-5H3/p+1/b10-8-,16-14-,19-17-,22-20-,26-25-,29-28-,39-23-. The molecule has 1 N–H and O–H groups in total. The molecule has 0 fully saturated rings. The van der Waals surface area contributed by atoms with Crippen molar-refractivity contribution < 1.29 is 42.9 Å². The highest BCUT2D eigenvalue weighted by Gasteiger charge is 2.25. The van der Waals surface area contributed by atoms with E-state index in [0.29, 0.717) is 17.4 Å². The lowest BCUT2D eigenvalue weighted by molar-refractivity contribution is -0.870. The van der Waals surface area contributed by atoms with Crippen molar-refractivity contribution in [2.75, 3.05) is 47.5 Å². The molecule has 2 atom stereocenters. The Kier molecular flexibility index (Phi) is 51.1. The van der Waals surface area contributed by atoms with Crippen LogP contribution >= 0.6 is 0 Å². The minimum atomic E-state index is -1.52. The van der Waals surface area contributed by atoms with Crippen LogP contribution in [0, 0.1) is 0 Å². The molecule has 0 heterocycles. The first kappa shape index (κ1) is 68.5. The normalized spacial score (nSPS) is 13.4. The quantitative estimate of drug-likeness (QED) is 0.0211. The van der Waals surface area contributed by atoms with E-state index >= 15 is 0 Å². The van der Waals surface area contributed by atoms with Gasteiger partial charge in [0.05, 0.1) is 34.4 Å². The third-order valence-electron chi connectivity index (χ3n) is 12.4. The first-order valence-electron chi connectivity index (χ1n) is 29.3. The summed E-state index contributed by atoms with van der Waals surface area (Å²) >= 11 is 0. The number of nitrogens with zero attached hydrogens (tertiary/aromatic N) is 1. The Morgan fingerprint density at radius 2 is 0.792 bits per heavy atom. The SMILES string of the molecule is CC/C=C\C/C=C\C/C=C\C/C=C\C/C=C\CCCCCCCCCCCCCCCCCC(=O)OC(COC(=O)CCCCCCC/C=C\C/C=C\CCCCCC)COC(OCC[N+](C)(C)C)C(=O)O. The van der Waals surface area contributed by atoms with Gasteiger partial charge >= 0.3 is 17.9 Å². The fraction of sp³-hybridized carbons (Fsp3) is 0.730. The van der Waals surface area contributed by atoms with Crippen LogP contribution in [0.3, 0.4) is 0 Å². The molecule has 0 aromatic heterocycles. The van der Waals surface area contributed by atoms with E-state index in [4.69, 9.17) is 18.9 Å². The highest BCUT2D eigenvalue weighted by atomic mass is 16.7. The molecular formula is C63H110NO8+. The summed E-state index contributed by atoms with van der Waals surface area (Å²) < 4.78 is 22.9. The number of ether oxygens (including phenoxy) is 4. The number of hydrogen-bond donors (Lipinski definition) is 1. The van der Waals surface area contributed by atoms with E-state index in [1.165, 1.54) is 116 Å². The number of quaternary nitrogens is 1. The molecule has 414 valence electrons. The molecule has 72 heavy (non-hydrogen) atoms. The topological polar surface area (TPSA) is 108 Å². The minimum Gasteiger partial charge on any atom is -0.477 e. The summed E-state index contributed by atoms with van der Waals surface area (Å²) in [5.41, 5.74) is 0. The smallest absolute Gasteiger partial charge is 0.361 e. The number of hydrogen-bond acceptors (Lipinski definition) is 7. The van der Waals surface area contributed by atoms with Gasteiger partial charge in [-0.2, -0.15) is 0 Å². The number of unbranched alkanes of at least 4 members (excludes halogenated alkanes) is 24. The molecule has 9 heteroatoms. The Bertz CT molecular complexity index is 1450. The molecular weight excluding hydrogens is 899 g/mol. The first-order chi connectivity index (χ1) is 35.1. The highest BCUT2D eigenvalue weighted by Crippen LogP contribution is 2.16. The Balaban J connectivity index is 4.19. The predicted octanol–water partition coefficient (Wildman–Crippen LogP) is 17.2. The minimum absolute atomic E-state index is 0.183. The molecule has 0 aromatic carbocycles. The lowest BCUT2D eigenvalue weighted by atomic mass is 10.0. The fourth-order valence-corrected chi connectivity index (χ4v) is 7.89. The van der Waals surface area contributed by atoms with E-state index < -0.39 is 24.3 Å². The van der Waals surface area contributed by atoms with Gasteiger partial charge in [-0.1, -0.05) is 221 Å². The molecule has 0 bridgehead atoms. The molecule has 0 saturated carbocycles. The molecule has 2 unspecified atom stereocenters. The van der Waals surface area contributed by atoms with Gasteiger partial charge in [0.1, 0.15) is 13.2 Å². The summed E-state index contributed by atoms with van der Waals surface area (Å²) in [4.78, 5) is 37.4. The van der Waals surface area contributed by atoms with E-state index in [-0.39, 0.29) is 38.6 Å². The molecule has 0 spiro atoms. The maximum Gasteiger partial charge on any atom is 0.361 e. The fourth-order valence-electron chi connectivity index (χ4n) is 7.89. The van der Waals surface area contributed by atoms with Crippen LogP contribution in [-0.2, 0) is 33.3 Å². The number of rotatable bonds is 53. The van der Waals surface area contributed by atoms with E-state index in [1.807, 2.05) is 21.1 Å². The van der Waals surface area contributed by atoms with Gasteiger partial charge in [-0.3, -0.25) is 9.59 Å². The molecule has 0 aromatic rings. The number of allylic oxidation sites excluding steroid dienone is 14. The second-order valence-electron chi connectivity index (χ2n) is 20.6. The summed E-state index contributed by atoms with van der Waals surface area (Å²) in [6.45, 7) is 4.73. The van der Waals surface area contributed by atoms with Gasteiger partial charge in [0, 0.05) is 12.8 Å². The van der Waals surface area contributed by atoms with Crippen molar-refractivity contribution in [1.82, 2.24) is 0 Å². The molecule has 0 aliphatic carbocycles. The van der Waals surface area contributed by atoms with Gasteiger partial charge in [-0.15, -0.1) is 0 Å². The largest absolute Gasteiger partial charge is 0.477 e. The Morgan fingerprint density at radius 3 is 1.18 bits per heavy atom. The lowest BCUT2D eigenvalue weighted by Crippen LogP contribution is -2.40. The van der Waals surface area contributed by atoms with Crippen LogP contribution in [0.25, 0.3) is 0 Å². The number of aliphatic carboxylic acids is 1. The van der Waals surface area contributed by atoms with Gasteiger partial charge in [-0.25, -0.2) is 4.79 Å². The number of likely N-dealkylation sites (N-methyl/N-ethyl adjacent to an activating group) is 1. The second kappa shape index (κ2) is 53.8. The van der Waals surface area contributed by atoms with Crippen LogP contribution in [0.5, 0.6) is 0 Å². The maximum atomic E-state index is 12.9. The van der Waals surface area contributed by atoms with Crippen LogP contribution in [0.2, 0.25) is 0 Å². The van der Waals surface area contributed by atoms with Crippen molar-refractivity contribution in [2.24, 2.45) is 0 Å². The first-order valence-corrected chi connectivity index (χ1v) is 29.3. The van der Waals surface area contributed by atoms with Gasteiger partial charge in [0.15, 0.2) is 6.10 Å². The van der Waals surface area contributed by atoms with Crippen molar-refractivity contribution in [3.05, 3.63) is 85.1 Å². The van der Waals surface area contributed by atoms with Crippen LogP contribution in [0.15, 0.2) is 85.1 Å². The molecule has 9 nitrogen and oxygen atoms in total. The molecule has 0 aliphatic rings. The zero-order valence-electron chi connectivity index (χ0n) is 47.1. The van der Waals surface area contributed by atoms with Gasteiger partial charge in [0.2, 0.25) is 0 Å². The van der Waals surface area contributed by atoms with Crippen molar-refractivity contribution in [2.45, 2.75) is 251 Å². The van der Waals surface area contributed by atoms with Gasteiger partial charge in [0.25, 0.3) is 6.29 Å². The maximum absolute atomic E-state index is 12.9. The molecule has 0 rings (SSSR count). The van der Waals surface area contributed by atoms with Gasteiger partial charge < -0.3 is 28.5 Å². The molecule has 0 saturated heterocycles. The van der Waals surface area contributed by atoms with Crippen LogP contribution < -0.4 is 0 Å². The van der Waals surface area contributed by atoms with Crippen LogP contribution in [-0.4, -0.2) is 87.4 Å². The monoisotopic (exact) mass is 1010 g/mol. The predicted molar refractivity (Wildman–Crippen MR) is 304 cm³/mol. The Morgan fingerprint density at radius 1 is 0.431 bits per heavy atom. The summed E-state index contributed by atoms with van der Waals surface area (Å²) in [6.07, 6.45) is 68.1. The van der Waals surface area contributed by atoms with Crippen molar-refractivity contribution in [3.8, 4) is 0 Å². The van der Waals surface area contributed by atoms with Crippen molar-refractivity contribution in [3.63, 3.8) is 0 Å². The zero-order valence-corrected chi connectivity index (χ0v) is 47.1. The van der Waals surface area contributed by atoms with Crippen molar-refractivity contribution in [1.29, 1.82) is 0 Å². The number of carbonyl (C=O) groups is 3. The summed E-state index contributed by atoms with van der Waals surface area (Å²) in [5, 5.41) is 9.70. The van der Waals surface area contributed by atoms with Crippen LogP contribution in [0.1, 0.15) is 239 Å². The van der Waals surface area contributed by atoms with E-state index in [9.17, 15) is 19.5 Å². The average Bonchev–Trinajstić information content (AvgIpc) is 3.35. The van der Waals surface area contributed by atoms with Gasteiger partial charge in [-0.05, 0) is 89.9 Å². The van der Waals surface area contributed by atoms with Crippen molar-refractivity contribution >= 4 is 17.9 Å². The van der Waals surface area contributed by atoms with E-state index in [0.717, 1.165) is 89.9 Å². The third kappa shape index (κ3) is 54.2. The van der Waals surface area contributed by atoms with E-state index in [2.05, 4.69) is 98.9 Å². The second-order valence-corrected chi connectivity index (χ2v) is 20.6. The number of carboxylic acid groups (broad SMARTS) is 1. The summed E-state index contributed by atoms with van der Waals surface area (Å²) in [7, 11) is 5.96. The number of esters is 2. The molecule has 0 aliphatic heterocycles. The summed E-state index contributed by atoms with van der Waals surface area (Å²) in [6, 6.07) is 0. The van der Waals surface area contributed by atoms with Crippen LogP contribution in [0.4, 0.5) is 0 Å². The summed E-state index contributed by atoms with van der Waals surface area (Å²) in [5.74, 6) is -2.02. The Labute approximate surface area is 442 Å². The molecule has 0 radical (unpaired) electrons. The van der Waals surface area contributed by atoms with E-state index in [1.54, 1.807) is 0 Å². The lowest BCUT2D eigenvalue weighted by Gasteiger charge is -2.25. The highest BCUT2D eigenvalue weighted by molar-refractivity contribution is 5.71. The molecule has 0 amide bonds. The number of carbonyl (C=O) groups excluding carboxylic acids is 2. The number of carboxylic acids is 1. The zero-order chi connectivity index (χ0) is 52.7.